The minimum absolute atomic E-state index is 0.0656. The standard InChI is InChI=1S/C7H10N2O3/c8-6(10)2-1-3-9-5-12-4-7(9)11/h1-2H,3-5H2,(H2,8,10)/b2-1+. The van der Waals surface area contributed by atoms with Crippen molar-refractivity contribution in [1.29, 1.82) is 0 Å². The normalized spacial score (nSPS) is 17.7. The predicted octanol–water partition coefficient (Wildman–Crippen LogP) is -1.16. The molecule has 2 amide bonds. The molecule has 0 radical (unpaired) electrons. The maximum atomic E-state index is 10.9. The van der Waals surface area contributed by atoms with E-state index in [0.29, 0.717) is 13.3 Å². The molecule has 1 aliphatic rings. The zero-order valence-electron chi connectivity index (χ0n) is 6.53. The molecule has 2 N–H and O–H groups in total. The summed E-state index contributed by atoms with van der Waals surface area (Å²) < 4.78 is 4.85. The van der Waals surface area contributed by atoms with Crippen molar-refractivity contribution in [3.63, 3.8) is 0 Å². The smallest absolute Gasteiger partial charge is 0.250 e. The number of ether oxygens (including phenoxy) is 1. The highest BCUT2D eigenvalue weighted by atomic mass is 16.5. The molecule has 1 heterocycles. The Balaban J connectivity index is 2.31. The second kappa shape index (κ2) is 3.87. The largest absolute Gasteiger partial charge is 0.366 e. The lowest BCUT2D eigenvalue weighted by atomic mass is 10.4. The van der Waals surface area contributed by atoms with E-state index >= 15 is 0 Å². The van der Waals surface area contributed by atoms with Crippen LogP contribution in [0.2, 0.25) is 0 Å². The van der Waals surface area contributed by atoms with Crippen molar-refractivity contribution in [1.82, 2.24) is 4.90 Å². The Morgan fingerprint density at radius 3 is 3.00 bits per heavy atom. The quantitative estimate of drug-likeness (QED) is 0.543. The third-order valence-electron chi connectivity index (χ3n) is 1.43. The first kappa shape index (κ1) is 8.73. The molecule has 1 rings (SSSR count). The predicted molar refractivity (Wildman–Crippen MR) is 40.9 cm³/mol. The average molecular weight is 170 g/mol. The average Bonchev–Trinajstić information content (AvgIpc) is 2.36. The molecule has 0 aromatic heterocycles. The van der Waals surface area contributed by atoms with Crippen molar-refractivity contribution in [2.45, 2.75) is 0 Å². The molecule has 5 nitrogen and oxygen atoms in total. The van der Waals surface area contributed by atoms with Gasteiger partial charge in [-0.2, -0.15) is 0 Å². The summed E-state index contributed by atoms with van der Waals surface area (Å²) in [6, 6.07) is 0. The Morgan fingerprint density at radius 2 is 2.50 bits per heavy atom. The lowest BCUT2D eigenvalue weighted by molar-refractivity contribution is -0.126. The third-order valence-corrected chi connectivity index (χ3v) is 1.43. The lowest BCUT2D eigenvalue weighted by Gasteiger charge is -2.08. The summed E-state index contributed by atoms with van der Waals surface area (Å²) in [6.07, 6.45) is 2.76. The highest BCUT2D eigenvalue weighted by Crippen LogP contribution is 1.99. The molecule has 66 valence electrons. The molecular formula is C7H10N2O3. The van der Waals surface area contributed by atoms with Gasteiger partial charge in [-0.25, -0.2) is 0 Å². The van der Waals surface area contributed by atoms with Gasteiger partial charge in [-0.3, -0.25) is 9.59 Å². The molecule has 0 aromatic rings. The van der Waals surface area contributed by atoms with Crippen molar-refractivity contribution in [3.8, 4) is 0 Å². The molecule has 1 fully saturated rings. The Labute approximate surface area is 69.8 Å². The number of nitrogens with two attached hydrogens (primary N) is 1. The highest BCUT2D eigenvalue weighted by molar-refractivity contribution is 5.86. The van der Waals surface area contributed by atoms with Crippen LogP contribution < -0.4 is 5.73 Å². The molecule has 12 heavy (non-hydrogen) atoms. The van der Waals surface area contributed by atoms with Crippen LogP contribution in [-0.4, -0.2) is 36.6 Å². The van der Waals surface area contributed by atoms with Gasteiger partial charge in [0.05, 0.1) is 0 Å². The molecule has 0 unspecified atom stereocenters. The first-order valence-corrected chi connectivity index (χ1v) is 3.51. The van der Waals surface area contributed by atoms with Crippen LogP contribution in [0.1, 0.15) is 0 Å². The summed E-state index contributed by atoms with van der Waals surface area (Å²) >= 11 is 0. The summed E-state index contributed by atoms with van der Waals surface area (Å²) in [4.78, 5) is 22.6. The number of primary amides is 1. The highest BCUT2D eigenvalue weighted by Gasteiger charge is 2.18. The maximum Gasteiger partial charge on any atom is 0.250 e. The number of carbonyl (C=O) groups is 2. The number of hydrogen-bond donors (Lipinski definition) is 1. The van der Waals surface area contributed by atoms with E-state index in [-0.39, 0.29) is 12.5 Å². The Morgan fingerprint density at radius 1 is 1.75 bits per heavy atom. The number of rotatable bonds is 3. The summed E-state index contributed by atoms with van der Waals surface area (Å²) in [7, 11) is 0. The number of nitrogens with zero attached hydrogens (tertiary/aromatic N) is 1. The van der Waals surface area contributed by atoms with E-state index in [9.17, 15) is 9.59 Å². The van der Waals surface area contributed by atoms with Gasteiger partial charge < -0.3 is 15.4 Å². The monoisotopic (exact) mass is 170 g/mol. The van der Waals surface area contributed by atoms with Crippen LogP contribution in [0.3, 0.4) is 0 Å². The lowest BCUT2D eigenvalue weighted by Crippen LogP contribution is -2.25. The summed E-state index contributed by atoms with van der Waals surface area (Å²) in [5.41, 5.74) is 4.85. The van der Waals surface area contributed by atoms with Crippen molar-refractivity contribution in [2.75, 3.05) is 19.9 Å². The van der Waals surface area contributed by atoms with Crippen LogP contribution in [0.4, 0.5) is 0 Å². The van der Waals surface area contributed by atoms with Crippen LogP contribution in [-0.2, 0) is 14.3 Å². The molecule has 5 heteroatoms. The fourth-order valence-electron chi connectivity index (χ4n) is 0.857. The minimum atomic E-state index is -0.512. The summed E-state index contributed by atoms with van der Waals surface area (Å²) in [6.45, 7) is 0.800. The second-order valence-electron chi connectivity index (χ2n) is 2.40. The van der Waals surface area contributed by atoms with E-state index in [1.54, 1.807) is 0 Å². The van der Waals surface area contributed by atoms with Crippen LogP contribution in [0.25, 0.3) is 0 Å². The third kappa shape index (κ3) is 2.35. The second-order valence-corrected chi connectivity index (χ2v) is 2.40. The van der Waals surface area contributed by atoms with Crippen LogP contribution in [0, 0.1) is 0 Å². The molecule has 0 bridgehead atoms. The summed E-state index contributed by atoms with van der Waals surface area (Å²) in [5, 5.41) is 0. The van der Waals surface area contributed by atoms with E-state index in [4.69, 9.17) is 10.5 Å². The molecule has 0 spiro atoms. The number of hydrogen-bond acceptors (Lipinski definition) is 3. The zero-order chi connectivity index (χ0) is 8.97. The first-order chi connectivity index (χ1) is 5.70. The van der Waals surface area contributed by atoms with Crippen molar-refractivity contribution >= 4 is 11.8 Å². The van der Waals surface area contributed by atoms with Gasteiger partial charge in [0, 0.05) is 12.6 Å². The van der Waals surface area contributed by atoms with Gasteiger partial charge in [-0.1, -0.05) is 6.08 Å². The van der Waals surface area contributed by atoms with Crippen molar-refractivity contribution in [2.24, 2.45) is 5.73 Å². The van der Waals surface area contributed by atoms with E-state index in [1.807, 2.05) is 0 Å². The van der Waals surface area contributed by atoms with Crippen molar-refractivity contribution in [3.05, 3.63) is 12.2 Å². The van der Waals surface area contributed by atoms with E-state index < -0.39 is 5.91 Å². The van der Waals surface area contributed by atoms with Gasteiger partial charge in [0.15, 0.2) is 0 Å². The molecular weight excluding hydrogens is 160 g/mol. The maximum absolute atomic E-state index is 10.9. The zero-order valence-corrected chi connectivity index (χ0v) is 6.53. The Kier molecular flexibility index (Phi) is 2.82. The van der Waals surface area contributed by atoms with E-state index in [0.717, 1.165) is 0 Å². The van der Waals surface area contributed by atoms with Gasteiger partial charge in [-0.05, 0) is 0 Å². The van der Waals surface area contributed by atoms with Gasteiger partial charge in [0.25, 0.3) is 5.91 Å². The fourth-order valence-corrected chi connectivity index (χ4v) is 0.857. The summed E-state index contributed by atoms with van der Waals surface area (Å²) in [5.74, 6) is -0.577. The molecule has 0 atom stereocenters. The van der Waals surface area contributed by atoms with Crippen LogP contribution >= 0.6 is 0 Å². The topological polar surface area (TPSA) is 72.6 Å². The molecule has 0 saturated carbocycles. The Bertz CT molecular complexity index is 225. The number of carbonyl (C=O) groups excluding carboxylic acids is 2. The van der Waals surface area contributed by atoms with Crippen LogP contribution in [0.5, 0.6) is 0 Å². The first-order valence-electron chi connectivity index (χ1n) is 3.51. The van der Waals surface area contributed by atoms with Crippen LogP contribution in [0.15, 0.2) is 12.2 Å². The fraction of sp³-hybridized carbons (Fsp3) is 0.429. The molecule has 0 aliphatic carbocycles. The minimum Gasteiger partial charge on any atom is -0.366 e. The number of amides is 2. The van der Waals surface area contributed by atoms with E-state index in [2.05, 4.69) is 0 Å². The van der Waals surface area contributed by atoms with Gasteiger partial charge in [-0.15, -0.1) is 0 Å². The van der Waals surface area contributed by atoms with Crippen molar-refractivity contribution < 1.29 is 14.3 Å². The SMILES string of the molecule is NC(=O)/C=C/CN1COCC1=O. The van der Waals surface area contributed by atoms with Gasteiger partial charge >= 0.3 is 0 Å². The molecule has 1 saturated heterocycles. The van der Waals surface area contributed by atoms with Gasteiger partial charge in [0.2, 0.25) is 5.91 Å². The molecule has 1 aliphatic heterocycles. The van der Waals surface area contributed by atoms with E-state index in [1.165, 1.54) is 17.1 Å². The molecule has 0 aromatic carbocycles. The van der Waals surface area contributed by atoms with Gasteiger partial charge in [0.1, 0.15) is 13.3 Å². The Hall–Kier alpha value is -1.36.